The summed E-state index contributed by atoms with van der Waals surface area (Å²) in [6.45, 7) is 2.61. The number of benzene rings is 3. The number of rotatable bonds is 8. The van der Waals surface area contributed by atoms with Crippen molar-refractivity contribution >= 4 is 34.3 Å². The molecule has 0 saturated carbocycles. The summed E-state index contributed by atoms with van der Waals surface area (Å²) in [5.41, 5.74) is 3.31. The van der Waals surface area contributed by atoms with E-state index in [9.17, 15) is 19.5 Å². The zero-order chi connectivity index (χ0) is 27.5. The molecule has 2 heterocycles. The van der Waals surface area contributed by atoms with Crippen LogP contribution in [0.1, 0.15) is 40.0 Å². The number of fused-ring (bicyclic) bond motifs is 1. The molecule has 3 aromatic carbocycles. The van der Waals surface area contributed by atoms with Crippen molar-refractivity contribution in [2.45, 2.75) is 19.4 Å². The third-order valence-corrected chi connectivity index (χ3v) is 6.92. The van der Waals surface area contributed by atoms with Gasteiger partial charge in [0.1, 0.15) is 11.5 Å². The standard InChI is InChI=1S/C31H28N2O6/c1-3-39-23-14-12-20(13-15-23)28(34)26-27(19-8-10-21(11-9-19)31(37)38-2)33(30(36)29(26)35)17-16-22-18-32-25-7-5-4-6-24(22)25/h4-15,18,27,32,34H,3,16-17H2,1-2H3/b28-26-. The van der Waals surface area contributed by atoms with Gasteiger partial charge in [-0.25, -0.2) is 4.79 Å². The number of carbonyl (C=O) groups excluding carboxylic acids is 3. The molecule has 5 rings (SSSR count). The third kappa shape index (κ3) is 4.88. The molecule has 1 unspecified atom stereocenters. The molecule has 1 aliphatic rings. The van der Waals surface area contributed by atoms with Crippen LogP contribution in [0, 0.1) is 0 Å². The molecule has 0 radical (unpaired) electrons. The Hall–Kier alpha value is -4.85. The fourth-order valence-electron chi connectivity index (χ4n) is 4.99. The topological polar surface area (TPSA) is 109 Å². The molecule has 4 aromatic rings. The van der Waals surface area contributed by atoms with Crippen molar-refractivity contribution < 1.29 is 29.0 Å². The van der Waals surface area contributed by atoms with E-state index < -0.39 is 23.7 Å². The molecule has 1 amide bonds. The van der Waals surface area contributed by atoms with Crippen LogP contribution in [0.25, 0.3) is 16.7 Å². The van der Waals surface area contributed by atoms with Gasteiger partial charge in [0.2, 0.25) is 0 Å². The number of ketones is 1. The van der Waals surface area contributed by atoms with Crippen molar-refractivity contribution in [1.82, 2.24) is 9.88 Å². The fraction of sp³-hybridized carbons (Fsp3) is 0.194. The second-order valence-electron chi connectivity index (χ2n) is 9.17. The molecule has 0 bridgehead atoms. The van der Waals surface area contributed by atoms with Crippen molar-refractivity contribution in [3.05, 3.63) is 107 Å². The highest BCUT2D eigenvalue weighted by Gasteiger charge is 2.46. The Morgan fingerprint density at radius 1 is 0.974 bits per heavy atom. The van der Waals surface area contributed by atoms with Crippen LogP contribution in [0.15, 0.2) is 84.6 Å². The molecule has 0 aliphatic carbocycles. The summed E-state index contributed by atoms with van der Waals surface area (Å²) in [5, 5.41) is 12.4. The number of para-hydroxylation sites is 1. The minimum atomic E-state index is -0.839. The molecule has 1 aromatic heterocycles. The van der Waals surface area contributed by atoms with Crippen molar-refractivity contribution in [3.63, 3.8) is 0 Å². The van der Waals surface area contributed by atoms with E-state index in [2.05, 4.69) is 4.98 Å². The molecule has 1 saturated heterocycles. The van der Waals surface area contributed by atoms with E-state index in [0.29, 0.717) is 35.5 Å². The van der Waals surface area contributed by atoms with E-state index in [1.54, 1.807) is 48.5 Å². The molecule has 8 nitrogen and oxygen atoms in total. The number of aromatic amines is 1. The van der Waals surface area contributed by atoms with Gasteiger partial charge < -0.3 is 24.5 Å². The van der Waals surface area contributed by atoms with E-state index >= 15 is 0 Å². The van der Waals surface area contributed by atoms with E-state index in [1.165, 1.54) is 12.0 Å². The number of carbonyl (C=O) groups is 3. The lowest BCUT2D eigenvalue weighted by molar-refractivity contribution is -0.139. The number of nitrogens with one attached hydrogen (secondary N) is 1. The minimum absolute atomic E-state index is 0.00564. The van der Waals surface area contributed by atoms with Gasteiger partial charge in [-0.2, -0.15) is 0 Å². The molecular formula is C31H28N2O6. The second kappa shape index (κ2) is 10.9. The number of methoxy groups -OCH3 is 1. The van der Waals surface area contributed by atoms with Crippen LogP contribution in [0.2, 0.25) is 0 Å². The highest BCUT2D eigenvalue weighted by Crippen LogP contribution is 2.40. The Balaban J connectivity index is 1.55. The molecule has 1 aliphatic heterocycles. The first-order chi connectivity index (χ1) is 18.9. The summed E-state index contributed by atoms with van der Waals surface area (Å²) >= 11 is 0. The van der Waals surface area contributed by atoms with Crippen LogP contribution in [0.3, 0.4) is 0 Å². The number of H-pyrrole nitrogens is 1. The normalized spacial score (nSPS) is 16.6. The van der Waals surface area contributed by atoms with Crippen molar-refractivity contribution in [2.24, 2.45) is 0 Å². The lowest BCUT2D eigenvalue weighted by Crippen LogP contribution is -2.31. The van der Waals surface area contributed by atoms with Crippen LogP contribution in [-0.4, -0.2) is 52.9 Å². The lowest BCUT2D eigenvalue weighted by Gasteiger charge is -2.25. The van der Waals surface area contributed by atoms with Crippen LogP contribution in [0.4, 0.5) is 0 Å². The molecule has 39 heavy (non-hydrogen) atoms. The van der Waals surface area contributed by atoms with Gasteiger partial charge in [-0.3, -0.25) is 9.59 Å². The number of hydrogen-bond donors (Lipinski definition) is 2. The second-order valence-corrected chi connectivity index (χ2v) is 9.17. The largest absolute Gasteiger partial charge is 0.507 e. The summed E-state index contributed by atoms with van der Waals surface area (Å²) in [6, 6.07) is 20.2. The Morgan fingerprint density at radius 3 is 2.36 bits per heavy atom. The minimum Gasteiger partial charge on any atom is -0.507 e. The molecule has 2 N–H and O–H groups in total. The number of aliphatic hydroxyl groups excluding tert-OH is 1. The van der Waals surface area contributed by atoms with E-state index in [-0.39, 0.29) is 17.9 Å². The summed E-state index contributed by atoms with van der Waals surface area (Å²) in [6.07, 6.45) is 2.40. The zero-order valence-corrected chi connectivity index (χ0v) is 21.6. The van der Waals surface area contributed by atoms with Gasteiger partial charge in [0.25, 0.3) is 11.7 Å². The maximum atomic E-state index is 13.4. The number of esters is 1. The Labute approximate surface area is 225 Å². The summed E-state index contributed by atoms with van der Waals surface area (Å²) in [4.78, 5) is 43.4. The maximum absolute atomic E-state index is 13.4. The van der Waals surface area contributed by atoms with Gasteiger partial charge in [0.05, 0.1) is 30.9 Å². The number of likely N-dealkylation sites (tertiary alicyclic amines) is 1. The molecule has 8 heteroatoms. The Kier molecular flexibility index (Phi) is 7.19. The van der Waals surface area contributed by atoms with Crippen LogP contribution in [-0.2, 0) is 20.7 Å². The predicted molar refractivity (Wildman–Crippen MR) is 146 cm³/mol. The van der Waals surface area contributed by atoms with E-state index in [0.717, 1.165) is 16.5 Å². The van der Waals surface area contributed by atoms with Gasteiger partial charge in [-0.1, -0.05) is 30.3 Å². The third-order valence-electron chi connectivity index (χ3n) is 6.92. The fourth-order valence-corrected chi connectivity index (χ4v) is 4.99. The van der Waals surface area contributed by atoms with Crippen LogP contribution in [0.5, 0.6) is 5.75 Å². The van der Waals surface area contributed by atoms with E-state index in [4.69, 9.17) is 9.47 Å². The monoisotopic (exact) mass is 524 g/mol. The van der Waals surface area contributed by atoms with Crippen LogP contribution < -0.4 is 4.74 Å². The quantitative estimate of drug-likeness (QED) is 0.145. The van der Waals surface area contributed by atoms with Crippen LogP contribution >= 0.6 is 0 Å². The molecule has 1 atom stereocenters. The lowest BCUT2D eigenvalue weighted by atomic mass is 9.94. The van der Waals surface area contributed by atoms with Crippen molar-refractivity contribution in [3.8, 4) is 5.75 Å². The first-order valence-corrected chi connectivity index (χ1v) is 12.7. The molecule has 0 spiro atoms. The first kappa shape index (κ1) is 25.8. The van der Waals surface area contributed by atoms with Crippen molar-refractivity contribution in [1.29, 1.82) is 0 Å². The van der Waals surface area contributed by atoms with Gasteiger partial charge in [-0.05, 0) is 66.9 Å². The number of Topliss-reactive ketones (excluding diaryl/α,β-unsaturated/α-hetero) is 1. The van der Waals surface area contributed by atoms with Gasteiger partial charge in [0, 0.05) is 29.2 Å². The molecule has 1 fully saturated rings. The predicted octanol–water partition coefficient (Wildman–Crippen LogP) is 5.02. The average molecular weight is 525 g/mol. The van der Waals surface area contributed by atoms with Gasteiger partial charge >= 0.3 is 5.97 Å². The summed E-state index contributed by atoms with van der Waals surface area (Å²) in [7, 11) is 1.30. The number of aromatic nitrogens is 1. The number of nitrogens with zero attached hydrogens (tertiary/aromatic N) is 1. The maximum Gasteiger partial charge on any atom is 0.337 e. The number of hydrogen-bond acceptors (Lipinski definition) is 6. The van der Waals surface area contributed by atoms with Gasteiger partial charge in [-0.15, -0.1) is 0 Å². The SMILES string of the molecule is CCOc1ccc(/C(O)=C2/C(=O)C(=O)N(CCc3c[nH]c4ccccc34)C2c2ccc(C(=O)OC)cc2)cc1. The highest BCUT2D eigenvalue weighted by molar-refractivity contribution is 6.46. The smallest absolute Gasteiger partial charge is 0.337 e. The molecule has 198 valence electrons. The summed E-state index contributed by atoms with van der Waals surface area (Å²) in [5.74, 6) is -1.59. The Bertz CT molecular complexity index is 1570. The van der Waals surface area contributed by atoms with E-state index in [1.807, 2.05) is 37.4 Å². The first-order valence-electron chi connectivity index (χ1n) is 12.7. The molecular weight excluding hydrogens is 496 g/mol. The highest BCUT2D eigenvalue weighted by atomic mass is 16.5. The number of amides is 1. The summed E-state index contributed by atoms with van der Waals surface area (Å²) < 4.78 is 10.3. The van der Waals surface area contributed by atoms with Gasteiger partial charge in [0.15, 0.2) is 0 Å². The average Bonchev–Trinajstić information content (AvgIpc) is 3.49. The van der Waals surface area contributed by atoms with Crippen molar-refractivity contribution in [2.75, 3.05) is 20.3 Å². The number of ether oxygens (including phenoxy) is 2. The number of aliphatic hydroxyl groups is 1. The Morgan fingerprint density at radius 2 is 1.67 bits per heavy atom. The zero-order valence-electron chi connectivity index (χ0n) is 21.6.